The van der Waals surface area contributed by atoms with E-state index in [4.69, 9.17) is 9.84 Å². The Labute approximate surface area is 141 Å². The summed E-state index contributed by atoms with van der Waals surface area (Å²) < 4.78 is 7.45. The van der Waals surface area contributed by atoms with Gasteiger partial charge in [0.25, 0.3) is 5.91 Å². The number of hydrogen-bond acceptors (Lipinski definition) is 3. The van der Waals surface area contributed by atoms with Gasteiger partial charge >= 0.3 is 0 Å². The molecule has 2 heterocycles. The van der Waals surface area contributed by atoms with Gasteiger partial charge in [-0.2, -0.15) is 5.10 Å². The molecule has 2 aromatic rings. The number of carbonyl (C=O) groups is 1. The van der Waals surface area contributed by atoms with E-state index in [1.165, 1.54) is 11.3 Å². The Morgan fingerprint density at radius 2 is 2.08 bits per heavy atom. The minimum Gasteiger partial charge on any atom is -0.488 e. The number of aromatic nitrogens is 2. The van der Waals surface area contributed by atoms with Crippen molar-refractivity contribution in [3.05, 3.63) is 59.1 Å². The Kier molecular flexibility index (Phi) is 4.07. The molecule has 2 aliphatic rings. The van der Waals surface area contributed by atoms with Gasteiger partial charge in [-0.3, -0.25) is 4.79 Å². The Morgan fingerprint density at radius 1 is 1.21 bits per heavy atom. The number of carbonyl (C=O) groups excluding carboxylic acids is 1. The predicted molar refractivity (Wildman–Crippen MR) is 90.7 cm³/mol. The number of para-hydroxylation sites is 1. The summed E-state index contributed by atoms with van der Waals surface area (Å²) >= 11 is 0. The van der Waals surface area contributed by atoms with Gasteiger partial charge in [0.2, 0.25) is 0 Å². The second kappa shape index (κ2) is 6.51. The molecule has 24 heavy (non-hydrogen) atoms. The van der Waals surface area contributed by atoms with Gasteiger partial charge in [0.15, 0.2) is 5.76 Å². The van der Waals surface area contributed by atoms with Crippen LogP contribution >= 0.6 is 0 Å². The molecule has 4 rings (SSSR count). The lowest BCUT2D eigenvalue weighted by molar-refractivity contribution is -0.121. The zero-order valence-corrected chi connectivity index (χ0v) is 13.6. The van der Waals surface area contributed by atoms with Crippen molar-refractivity contribution < 1.29 is 9.53 Å². The highest BCUT2D eigenvalue weighted by molar-refractivity contribution is 5.91. The van der Waals surface area contributed by atoms with Crippen LogP contribution in [-0.2, 0) is 28.9 Å². The number of rotatable bonds is 4. The van der Waals surface area contributed by atoms with Crippen LogP contribution in [-0.4, -0.2) is 22.3 Å². The fraction of sp³-hybridized carbons (Fsp3) is 0.368. The molecule has 1 amide bonds. The minimum atomic E-state index is -0.143. The van der Waals surface area contributed by atoms with Gasteiger partial charge in [0, 0.05) is 5.69 Å². The fourth-order valence-corrected chi connectivity index (χ4v) is 3.41. The van der Waals surface area contributed by atoms with E-state index in [1.807, 2.05) is 29.0 Å². The van der Waals surface area contributed by atoms with Crippen LogP contribution in [0, 0.1) is 0 Å². The topological polar surface area (TPSA) is 56.2 Å². The quantitative estimate of drug-likeness (QED) is 0.941. The highest BCUT2D eigenvalue weighted by Gasteiger charge is 2.23. The van der Waals surface area contributed by atoms with Crippen molar-refractivity contribution in [2.24, 2.45) is 0 Å². The molecule has 5 heteroatoms. The summed E-state index contributed by atoms with van der Waals surface area (Å²) in [6.45, 7) is 1.07. The van der Waals surface area contributed by atoms with E-state index in [0.717, 1.165) is 43.5 Å². The third kappa shape index (κ3) is 2.82. The first-order valence-electron chi connectivity index (χ1n) is 8.59. The summed E-state index contributed by atoms with van der Waals surface area (Å²) in [5.74, 6) is 0.302. The zero-order chi connectivity index (χ0) is 16.4. The van der Waals surface area contributed by atoms with Gasteiger partial charge in [0.1, 0.15) is 0 Å². The van der Waals surface area contributed by atoms with Crippen molar-refractivity contribution >= 4 is 5.91 Å². The molecular weight excluding hydrogens is 302 g/mol. The molecule has 0 radical (unpaired) electrons. The third-order valence-corrected chi connectivity index (χ3v) is 4.59. The lowest BCUT2D eigenvalue weighted by atomic mass is 10.2. The third-order valence-electron chi connectivity index (χ3n) is 4.59. The van der Waals surface area contributed by atoms with Crippen LogP contribution in [0.2, 0.25) is 0 Å². The molecule has 124 valence electrons. The number of allylic oxidation sites excluding steroid dienone is 1. The molecule has 1 N–H and O–H groups in total. The first-order valence-corrected chi connectivity index (χ1v) is 8.59. The molecule has 0 saturated heterocycles. The SMILES string of the molecule is O=C(NCc1nn(-c2ccccc2)c2c1CCC2)C1=CCCCO1. The molecule has 1 aromatic carbocycles. The maximum atomic E-state index is 12.2. The molecule has 1 aromatic heterocycles. The number of nitrogens with one attached hydrogen (secondary N) is 1. The Bertz CT molecular complexity index is 777. The van der Waals surface area contributed by atoms with Crippen LogP contribution in [0.15, 0.2) is 42.2 Å². The molecular formula is C19H21N3O2. The Morgan fingerprint density at radius 3 is 2.88 bits per heavy atom. The van der Waals surface area contributed by atoms with E-state index in [9.17, 15) is 4.79 Å². The van der Waals surface area contributed by atoms with Gasteiger partial charge in [-0.05, 0) is 55.9 Å². The minimum absolute atomic E-state index is 0.143. The van der Waals surface area contributed by atoms with Crippen LogP contribution in [0.1, 0.15) is 36.2 Å². The molecule has 0 bridgehead atoms. The predicted octanol–water partition coefficient (Wildman–Crippen LogP) is 2.67. The van der Waals surface area contributed by atoms with E-state index < -0.39 is 0 Å². The monoisotopic (exact) mass is 323 g/mol. The first kappa shape index (κ1) is 15.0. The largest absolute Gasteiger partial charge is 0.488 e. The smallest absolute Gasteiger partial charge is 0.286 e. The van der Waals surface area contributed by atoms with Gasteiger partial charge in [0.05, 0.1) is 24.5 Å². The lowest BCUT2D eigenvalue weighted by Crippen LogP contribution is -2.27. The van der Waals surface area contributed by atoms with Crippen molar-refractivity contribution in [1.29, 1.82) is 0 Å². The van der Waals surface area contributed by atoms with Crippen LogP contribution < -0.4 is 5.32 Å². The number of hydrogen-bond donors (Lipinski definition) is 1. The van der Waals surface area contributed by atoms with Crippen molar-refractivity contribution in [2.45, 2.75) is 38.6 Å². The van der Waals surface area contributed by atoms with E-state index in [1.54, 1.807) is 0 Å². The van der Waals surface area contributed by atoms with Crippen LogP contribution in [0.5, 0.6) is 0 Å². The summed E-state index contributed by atoms with van der Waals surface area (Å²) in [4.78, 5) is 12.2. The normalized spacial score (nSPS) is 16.2. The number of amides is 1. The van der Waals surface area contributed by atoms with Crippen LogP contribution in [0.25, 0.3) is 5.69 Å². The summed E-state index contributed by atoms with van der Waals surface area (Å²) in [5.41, 5.74) is 4.61. The van der Waals surface area contributed by atoms with Gasteiger partial charge in [-0.1, -0.05) is 18.2 Å². The molecule has 1 aliphatic heterocycles. The van der Waals surface area contributed by atoms with Crippen molar-refractivity contribution in [3.8, 4) is 5.69 Å². The highest BCUT2D eigenvalue weighted by Crippen LogP contribution is 2.27. The highest BCUT2D eigenvalue weighted by atomic mass is 16.5. The zero-order valence-electron chi connectivity index (χ0n) is 13.6. The van der Waals surface area contributed by atoms with Crippen molar-refractivity contribution in [1.82, 2.24) is 15.1 Å². The average Bonchev–Trinajstić information content (AvgIpc) is 3.24. The number of benzene rings is 1. The summed E-state index contributed by atoms with van der Waals surface area (Å²) in [6.07, 6.45) is 6.97. The summed E-state index contributed by atoms with van der Waals surface area (Å²) in [6, 6.07) is 10.2. The molecule has 1 aliphatic carbocycles. The molecule has 0 atom stereocenters. The maximum absolute atomic E-state index is 12.2. The molecule has 5 nitrogen and oxygen atoms in total. The van der Waals surface area contributed by atoms with E-state index in [0.29, 0.717) is 18.9 Å². The number of nitrogens with zero attached hydrogens (tertiary/aromatic N) is 2. The van der Waals surface area contributed by atoms with Crippen LogP contribution in [0.3, 0.4) is 0 Å². The molecule has 0 spiro atoms. The fourth-order valence-electron chi connectivity index (χ4n) is 3.41. The van der Waals surface area contributed by atoms with E-state index in [2.05, 4.69) is 17.4 Å². The molecule has 0 unspecified atom stereocenters. The van der Waals surface area contributed by atoms with Gasteiger partial charge in [-0.15, -0.1) is 0 Å². The van der Waals surface area contributed by atoms with E-state index in [-0.39, 0.29) is 5.91 Å². The van der Waals surface area contributed by atoms with Gasteiger partial charge in [-0.25, -0.2) is 4.68 Å². The lowest BCUT2D eigenvalue weighted by Gasteiger charge is -2.14. The average molecular weight is 323 g/mol. The number of fused-ring (bicyclic) bond motifs is 1. The number of ether oxygens (including phenoxy) is 1. The summed E-state index contributed by atoms with van der Waals surface area (Å²) in [5, 5.41) is 7.72. The summed E-state index contributed by atoms with van der Waals surface area (Å²) in [7, 11) is 0. The first-order chi connectivity index (χ1) is 11.8. The maximum Gasteiger partial charge on any atom is 0.286 e. The molecule has 0 saturated carbocycles. The van der Waals surface area contributed by atoms with Gasteiger partial charge < -0.3 is 10.1 Å². The standard InChI is InChI=1S/C19H21N3O2/c23-19(18-11-4-5-12-24-18)20-13-16-15-9-6-10-17(15)22(21-16)14-7-2-1-3-8-14/h1-3,7-8,11H,4-6,9-10,12-13H2,(H,20,23). The second-order valence-electron chi connectivity index (χ2n) is 6.21. The molecule has 0 fully saturated rings. The van der Waals surface area contributed by atoms with Crippen LogP contribution in [0.4, 0.5) is 0 Å². The van der Waals surface area contributed by atoms with E-state index >= 15 is 0 Å². The van der Waals surface area contributed by atoms with Crippen molar-refractivity contribution in [3.63, 3.8) is 0 Å². The Balaban J connectivity index is 1.54. The Hall–Kier alpha value is -2.56. The second-order valence-corrected chi connectivity index (χ2v) is 6.21. The van der Waals surface area contributed by atoms with Crippen molar-refractivity contribution in [2.75, 3.05) is 6.61 Å².